The average molecular weight is 377 g/mol. The second-order valence-corrected chi connectivity index (χ2v) is 7.85. The van der Waals surface area contributed by atoms with E-state index in [4.69, 9.17) is 9.51 Å². The number of nitrogens with zero attached hydrogens (tertiary/aromatic N) is 5. The Balaban J connectivity index is 1.42. The van der Waals surface area contributed by atoms with Gasteiger partial charge in [0, 0.05) is 18.0 Å². The van der Waals surface area contributed by atoms with Crippen molar-refractivity contribution >= 4 is 21.6 Å². The molecule has 1 aliphatic heterocycles. The van der Waals surface area contributed by atoms with Gasteiger partial charge in [-0.05, 0) is 50.6 Å². The molecule has 136 valence electrons. The fourth-order valence-electron chi connectivity index (χ4n) is 3.71. The standard InChI is InChI=1S/C20H19N5OS/c1-13(19-23-18(24-26-19)14-6-4-10-21-12-14)25-11-5-8-16(25)20-22-15-7-2-3-9-17(15)27-20/h2-4,6-7,9-10,12-13,16H,5,8,11H2,1H3. The van der Waals surface area contributed by atoms with Gasteiger partial charge in [0.1, 0.15) is 5.01 Å². The molecule has 0 aliphatic carbocycles. The lowest BCUT2D eigenvalue weighted by Crippen LogP contribution is -2.26. The molecule has 5 rings (SSSR count). The van der Waals surface area contributed by atoms with Gasteiger partial charge in [0.25, 0.3) is 0 Å². The molecule has 4 aromatic rings. The molecule has 27 heavy (non-hydrogen) atoms. The van der Waals surface area contributed by atoms with Crippen LogP contribution in [0, 0.1) is 0 Å². The van der Waals surface area contributed by atoms with Gasteiger partial charge in [0.15, 0.2) is 0 Å². The molecule has 0 amide bonds. The summed E-state index contributed by atoms with van der Waals surface area (Å²) in [5.74, 6) is 1.22. The molecule has 1 saturated heterocycles. The summed E-state index contributed by atoms with van der Waals surface area (Å²) in [5.41, 5.74) is 1.94. The Labute approximate surface area is 160 Å². The van der Waals surface area contributed by atoms with Gasteiger partial charge in [-0.15, -0.1) is 11.3 Å². The monoisotopic (exact) mass is 377 g/mol. The van der Waals surface area contributed by atoms with E-state index in [-0.39, 0.29) is 6.04 Å². The number of pyridine rings is 1. The van der Waals surface area contributed by atoms with Crippen LogP contribution in [-0.2, 0) is 0 Å². The number of thiazole rings is 1. The van der Waals surface area contributed by atoms with Crippen LogP contribution in [0.3, 0.4) is 0 Å². The van der Waals surface area contributed by atoms with Gasteiger partial charge in [-0.25, -0.2) is 4.98 Å². The van der Waals surface area contributed by atoms with Crippen molar-refractivity contribution in [2.45, 2.75) is 31.8 Å². The van der Waals surface area contributed by atoms with Gasteiger partial charge in [0.05, 0.1) is 22.3 Å². The summed E-state index contributed by atoms with van der Waals surface area (Å²) in [4.78, 5) is 16.1. The largest absolute Gasteiger partial charge is 0.337 e. The molecule has 3 aromatic heterocycles. The van der Waals surface area contributed by atoms with Gasteiger partial charge < -0.3 is 4.52 Å². The van der Waals surface area contributed by atoms with Crippen molar-refractivity contribution in [1.82, 2.24) is 25.0 Å². The molecule has 0 spiro atoms. The Morgan fingerprint density at radius 2 is 2.11 bits per heavy atom. The van der Waals surface area contributed by atoms with Crippen molar-refractivity contribution in [3.63, 3.8) is 0 Å². The highest BCUT2D eigenvalue weighted by Gasteiger charge is 2.34. The van der Waals surface area contributed by atoms with Crippen LogP contribution >= 0.6 is 11.3 Å². The fraction of sp³-hybridized carbons (Fsp3) is 0.300. The topological polar surface area (TPSA) is 67.9 Å². The normalized spacial score (nSPS) is 18.9. The van der Waals surface area contributed by atoms with E-state index in [1.54, 1.807) is 23.7 Å². The van der Waals surface area contributed by atoms with E-state index in [0.29, 0.717) is 17.8 Å². The Morgan fingerprint density at radius 3 is 2.96 bits per heavy atom. The van der Waals surface area contributed by atoms with Crippen molar-refractivity contribution < 1.29 is 4.52 Å². The van der Waals surface area contributed by atoms with Crippen LogP contribution in [0.5, 0.6) is 0 Å². The van der Waals surface area contributed by atoms with Gasteiger partial charge in [0.2, 0.25) is 11.7 Å². The summed E-state index contributed by atoms with van der Waals surface area (Å²) in [6.45, 7) is 3.14. The third kappa shape index (κ3) is 3.02. The summed E-state index contributed by atoms with van der Waals surface area (Å²) >= 11 is 1.79. The van der Waals surface area contributed by atoms with Crippen LogP contribution < -0.4 is 0 Å². The van der Waals surface area contributed by atoms with Gasteiger partial charge in [-0.1, -0.05) is 17.3 Å². The van der Waals surface area contributed by atoms with Crippen molar-refractivity contribution in [3.8, 4) is 11.4 Å². The second-order valence-electron chi connectivity index (χ2n) is 6.79. The Bertz CT molecular complexity index is 1030. The SMILES string of the molecule is CC(c1nc(-c2cccnc2)no1)N1CCCC1c1nc2ccccc2s1. The summed E-state index contributed by atoms with van der Waals surface area (Å²) in [7, 11) is 0. The quantitative estimate of drug-likeness (QED) is 0.516. The number of fused-ring (bicyclic) bond motifs is 1. The Kier molecular flexibility index (Phi) is 4.18. The average Bonchev–Trinajstić information content (AvgIpc) is 3.46. The number of rotatable bonds is 4. The van der Waals surface area contributed by atoms with Gasteiger partial charge in [-0.3, -0.25) is 9.88 Å². The highest BCUT2D eigenvalue weighted by atomic mass is 32.1. The zero-order valence-corrected chi connectivity index (χ0v) is 15.8. The first-order chi connectivity index (χ1) is 13.3. The minimum Gasteiger partial charge on any atom is -0.337 e. The van der Waals surface area contributed by atoms with Crippen molar-refractivity contribution in [2.75, 3.05) is 6.54 Å². The van der Waals surface area contributed by atoms with Crippen molar-refractivity contribution in [2.24, 2.45) is 0 Å². The number of likely N-dealkylation sites (tertiary alicyclic amines) is 1. The molecule has 0 saturated carbocycles. The third-order valence-electron chi connectivity index (χ3n) is 5.11. The smallest absolute Gasteiger partial charge is 0.244 e. The molecule has 2 atom stereocenters. The molecule has 0 radical (unpaired) electrons. The molecule has 0 bridgehead atoms. The fourth-order valence-corrected chi connectivity index (χ4v) is 4.83. The van der Waals surface area contributed by atoms with Crippen LogP contribution in [0.15, 0.2) is 53.3 Å². The summed E-state index contributed by atoms with van der Waals surface area (Å²) in [6.07, 6.45) is 5.74. The molecule has 2 unspecified atom stereocenters. The van der Waals surface area contributed by atoms with Crippen LogP contribution in [0.1, 0.15) is 42.7 Å². The van der Waals surface area contributed by atoms with E-state index in [9.17, 15) is 0 Å². The lowest BCUT2D eigenvalue weighted by molar-refractivity contribution is 0.159. The van der Waals surface area contributed by atoms with Crippen LogP contribution in [0.2, 0.25) is 0 Å². The van der Waals surface area contributed by atoms with E-state index in [1.807, 2.05) is 18.2 Å². The van der Waals surface area contributed by atoms with Crippen LogP contribution in [0.4, 0.5) is 0 Å². The molecule has 4 heterocycles. The first kappa shape index (κ1) is 16.5. The molecule has 0 N–H and O–H groups in total. The number of para-hydroxylation sites is 1. The summed E-state index contributed by atoms with van der Waals surface area (Å²) < 4.78 is 6.83. The Morgan fingerprint density at radius 1 is 1.19 bits per heavy atom. The number of benzene rings is 1. The third-order valence-corrected chi connectivity index (χ3v) is 6.24. The highest BCUT2D eigenvalue weighted by molar-refractivity contribution is 7.18. The molecule has 6 nitrogen and oxygen atoms in total. The lowest BCUT2D eigenvalue weighted by atomic mass is 10.2. The van der Waals surface area contributed by atoms with Crippen molar-refractivity contribution in [3.05, 3.63) is 59.7 Å². The molecule has 1 aromatic carbocycles. The molecular formula is C20H19N5OS. The highest BCUT2D eigenvalue weighted by Crippen LogP contribution is 2.40. The number of hydrogen-bond donors (Lipinski definition) is 0. The maximum Gasteiger partial charge on any atom is 0.244 e. The van der Waals surface area contributed by atoms with Crippen LogP contribution in [-0.4, -0.2) is 31.6 Å². The van der Waals surface area contributed by atoms with E-state index in [0.717, 1.165) is 30.5 Å². The van der Waals surface area contributed by atoms with Gasteiger partial charge in [-0.2, -0.15) is 4.98 Å². The maximum absolute atomic E-state index is 5.59. The zero-order chi connectivity index (χ0) is 18.2. The number of hydrogen-bond acceptors (Lipinski definition) is 7. The Hall–Kier alpha value is -2.64. The van der Waals surface area contributed by atoms with Gasteiger partial charge >= 0.3 is 0 Å². The minimum atomic E-state index is 0.0439. The van der Waals surface area contributed by atoms with E-state index < -0.39 is 0 Å². The molecule has 1 aliphatic rings. The van der Waals surface area contributed by atoms with E-state index in [1.165, 1.54) is 9.71 Å². The summed E-state index contributed by atoms with van der Waals surface area (Å²) in [5, 5.41) is 5.32. The molecular weight excluding hydrogens is 358 g/mol. The molecule has 7 heteroatoms. The zero-order valence-electron chi connectivity index (χ0n) is 14.9. The number of aromatic nitrogens is 4. The van der Waals surface area contributed by atoms with Crippen molar-refractivity contribution in [1.29, 1.82) is 0 Å². The minimum absolute atomic E-state index is 0.0439. The predicted octanol–water partition coefficient (Wildman–Crippen LogP) is 4.64. The second kappa shape index (κ2) is 6.83. The molecule has 1 fully saturated rings. The maximum atomic E-state index is 5.59. The lowest BCUT2D eigenvalue weighted by Gasteiger charge is -2.26. The first-order valence-corrected chi connectivity index (χ1v) is 9.96. The predicted molar refractivity (Wildman–Crippen MR) is 104 cm³/mol. The van der Waals surface area contributed by atoms with E-state index >= 15 is 0 Å². The van der Waals surface area contributed by atoms with E-state index in [2.05, 4.69) is 45.1 Å². The summed E-state index contributed by atoms with van der Waals surface area (Å²) in [6, 6.07) is 12.5. The van der Waals surface area contributed by atoms with Crippen LogP contribution in [0.25, 0.3) is 21.6 Å². The first-order valence-electron chi connectivity index (χ1n) is 9.15.